The summed E-state index contributed by atoms with van der Waals surface area (Å²) < 4.78 is 5.95. The van der Waals surface area contributed by atoms with Crippen molar-refractivity contribution in [3.8, 4) is 0 Å². The first kappa shape index (κ1) is 15.9. The van der Waals surface area contributed by atoms with E-state index in [1.165, 1.54) is 5.56 Å². The second-order valence-electron chi connectivity index (χ2n) is 7.83. The maximum atomic E-state index is 12.4. The second-order valence-corrected chi connectivity index (χ2v) is 7.83. The Balaban J connectivity index is 1.78. The van der Waals surface area contributed by atoms with Crippen LogP contribution in [0.4, 0.5) is 4.79 Å². The Labute approximate surface area is 153 Å². The Kier molecular flexibility index (Phi) is 3.60. The summed E-state index contributed by atoms with van der Waals surface area (Å²) in [7, 11) is 0. The van der Waals surface area contributed by atoms with Gasteiger partial charge in [-0.3, -0.25) is 4.90 Å². The van der Waals surface area contributed by atoms with E-state index in [1.54, 1.807) is 11.2 Å². The predicted molar refractivity (Wildman–Crippen MR) is 97.0 cm³/mol. The van der Waals surface area contributed by atoms with Crippen LogP contribution in [0.3, 0.4) is 0 Å². The summed E-state index contributed by atoms with van der Waals surface area (Å²) in [6.45, 7) is 3.70. The van der Waals surface area contributed by atoms with Crippen LogP contribution in [-0.2, 0) is 12.0 Å². The molecule has 2 unspecified atom stereocenters. The van der Waals surface area contributed by atoms with Gasteiger partial charge in [0.25, 0.3) is 0 Å². The van der Waals surface area contributed by atoms with Crippen LogP contribution in [0.1, 0.15) is 29.7 Å². The number of piperidine rings is 3. The highest BCUT2D eigenvalue weighted by molar-refractivity contribution is 5.69. The number of amides is 1. The first-order chi connectivity index (χ1) is 12.7. The van der Waals surface area contributed by atoms with Crippen molar-refractivity contribution in [3.05, 3.63) is 59.5 Å². The minimum absolute atomic E-state index is 0.216. The number of fused-ring (bicyclic) bond motifs is 4. The summed E-state index contributed by atoms with van der Waals surface area (Å²) in [6, 6.07) is 12.2. The van der Waals surface area contributed by atoms with Gasteiger partial charge in [-0.25, -0.2) is 4.79 Å². The first-order valence-electron chi connectivity index (χ1n) is 9.56. The molecule has 3 saturated heterocycles. The third-order valence-electron chi connectivity index (χ3n) is 6.78. The van der Waals surface area contributed by atoms with Crippen molar-refractivity contribution < 1.29 is 14.3 Å². The van der Waals surface area contributed by atoms with Crippen LogP contribution < -0.4 is 0 Å². The molecule has 0 spiro atoms. The quantitative estimate of drug-likeness (QED) is 0.900. The fraction of sp³-hybridized carbons (Fsp3) is 0.476. The van der Waals surface area contributed by atoms with Gasteiger partial charge < -0.3 is 14.4 Å². The first-order valence-corrected chi connectivity index (χ1v) is 9.56. The highest BCUT2D eigenvalue weighted by Crippen LogP contribution is 2.53. The van der Waals surface area contributed by atoms with Gasteiger partial charge in [-0.2, -0.15) is 0 Å². The topological polar surface area (TPSA) is 56.9 Å². The number of nitrogens with zero attached hydrogens (tertiary/aromatic N) is 2. The lowest BCUT2D eigenvalue weighted by molar-refractivity contribution is -0.0506. The molecular weight excluding hydrogens is 328 g/mol. The minimum atomic E-state index is -0.854. The van der Waals surface area contributed by atoms with E-state index >= 15 is 0 Å². The van der Waals surface area contributed by atoms with Crippen LogP contribution in [0.5, 0.6) is 0 Å². The summed E-state index contributed by atoms with van der Waals surface area (Å²) in [5.41, 5.74) is 1.63. The van der Waals surface area contributed by atoms with Crippen LogP contribution in [0, 0.1) is 11.8 Å². The number of benzene rings is 1. The molecule has 2 atom stereocenters. The SMILES string of the molecule is O=C(O)N1CCc2ccccc2C1(c1ccco1)C1CN2CCC1CC2. The van der Waals surface area contributed by atoms with Crippen molar-refractivity contribution in [1.82, 2.24) is 9.80 Å². The van der Waals surface area contributed by atoms with Crippen molar-refractivity contribution >= 4 is 6.09 Å². The minimum Gasteiger partial charge on any atom is -0.466 e. The van der Waals surface area contributed by atoms with Gasteiger partial charge in [0.15, 0.2) is 0 Å². The van der Waals surface area contributed by atoms with Crippen LogP contribution >= 0.6 is 0 Å². The molecule has 26 heavy (non-hydrogen) atoms. The van der Waals surface area contributed by atoms with Crippen molar-refractivity contribution in [3.63, 3.8) is 0 Å². The van der Waals surface area contributed by atoms with Gasteiger partial charge in [0.1, 0.15) is 11.3 Å². The Hall–Kier alpha value is -2.27. The Morgan fingerprint density at radius 1 is 1.12 bits per heavy atom. The summed E-state index contributed by atoms with van der Waals surface area (Å²) >= 11 is 0. The molecule has 1 N–H and O–H groups in total. The van der Waals surface area contributed by atoms with E-state index in [2.05, 4.69) is 23.1 Å². The monoisotopic (exact) mass is 352 g/mol. The van der Waals surface area contributed by atoms with Gasteiger partial charge in [-0.1, -0.05) is 24.3 Å². The molecule has 1 amide bonds. The summed E-state index contributed by atoms with van der Waals surface area (Å²) in [6.07, 6.45) is 3.86. The van der Waals surface area contributed by atoms with Crippen molar-refractivity contribution in [2.24, 2.45) is 11.8 Å². The van der Waals surface area contributed by atoms with Crippen LogP contribution in [0.15, 0.2) is 47.1 Å². The van der Waals surface area contributed by atoms with Gasteiger partial charge in [-0.15, -0.1) is 0 Å². The molecule has 1 aromatic carbocycles. The predicted octanol–water partition coefficient (Wildman–Crippen LogP) is 3.40. The second kappa shape index (κ2) is 5.88. The van der Waals surface area contributed by atoms with Crippen LogP contribution in [-0.4, -0.2) is 47.2 Å². The van der Waals surface area contributed by atoms with E-state index in [1.807, 2.05) is 18.2 Å². The smallest absolute Gasteiger partial charge is 0.408 e. The van der Waals surface area contributed by atoms with Gasteiger partial charge in [0, 0.05) is 19.0 Å². The molecule has 136 valence electrons. The Bertz CT molecular complexity index is 810. The number of carboxylic acid groups (broad SMARTS) is 1. The normalized spacial score (nSPS) is 33.1. The molecule has 4 aliphatic heterocycles. The average molecular weight is 352 g/mol. The number of furan rings is 1. The standard InChI is InChI=1S/C21H24N2O3/c24-20(25)23-12-9-15-4-1-2-5-17(15)21(23,19-6-3-13-26-19)18-14-22-10-7-16(18)8-11-22/h1-6,13,16,18H,7-12,14H2,(H,24,25). The summed E-state index contributed by atoms with van der Waals surface area (Å²) in [5, 5.41) is 10.2. The fourth-order valence-electron chi connectivity index (χ4n) is 5.69. The van der Waals surface area contributed by atoms with Gasteiger partial charge in [0.2, 0.25) is 0 Å². The zero-order valence-corrected chi connectivity index (χ0v) is 14.8. The molecular formula is C21H24N2O3. The Morgan fingerprint density at radius 2 is 1.92 bits per heavy atom. The Morgan fingerprint density at radius 3 is 2.58 bits per heavy atom. The lowest BCUT2D eigenvalue weighted by atomic mass is 9.62. The average Bonchev–Trinajstić information content (AvgIpc) is 3.22. The van der Waals surface area contributed by atoms with E-state index in [0.717, 1.165) is 50.2 Å². The third kappa shape index (κ3) is 2.10. The molecule has 0 saturated carbocycles. The van der Waals surface area contributed by atoms with Gasteiger partial charge in [-0.05, 0) is 61.5 Å². The molecule has 0 aliphatic carbocycles. The third-order valence-corrected chi connectivity index (χ3v) is 6.78. The summed E-state index contributed by atoms with van der Waals surface area (Å²) in [5.74, 6) is 1.51. The fourth-order valence-corrected chi connectivity index (χ4v) is 5.69. The van der Waals surface area contributed by atoms with Gasteiger partial charge in [0.05, 0.1) is 6.26 Å². The molecule has 0 radical (unpaired) electrons. The van der Waals surface area contributed by atoms with E-state index in [4.69, 9.17) is 4.42 Å². The lowest BCUT2D eigenvalue weighted by Crippen LogP contribution is -2.64. The van der Waals surface area contributed by atoms with Crippen LogP contribution in [0.25, 0.3) is 0 Å². The number of hydrogen-bond donors (Lipinski definition) is 1. The largest absolute Gasteiger partial charge is 0.466 e. The number of rotatable bonds is 2. The van der Waals surface area contributed by atoms with Crippen molar-refractivity contribution in [2.75, 3.05) is 26.2 Å². The van der Waals surface area contributed by atoms with E-state index in [0.29, 0.717) is 12.5 Å². The van der Waals surface area contributed by atoms with Crippen LogP contribution in [0.2, 0.25) is 0 Å². The zero-order valence-electron chi connectivity index (χ0n) is 14.8. The molecule has 5 heteroatoms. The van der Waals surface area contributed by atoms with Crippen molar-refractivity contribution in [2.45, 2.75) is 24.8 Å². The summed E-state index contributed by atoms with van der Waals surface area (Å²) in [4.78, 5) is 16.6. The molecule has 1 aromatic heterocycles. The van der Waals surface area contributed by atoms with Crippen molar-refractivity contribution in [1.29, 1.82) is 0 Å². The van der Waals surface area contributed by atoms with Gasteiger partial charge >= 0.3 is 6.09 Å². The van der Waals surface area contributed by atoms with E-state index in [9.17, 15) is 9.90 Å². The molecule has 2 bridgehead atoms. The maximum Gasteiger partial charge on any atom is 0.408 e. The molecule has 2 aromatic rings. The molecule has 6 rings (SSSR count). The highest BCUT2D eigenvalue weighted by atomic mass is 16.4. The molecule has 5 nitrogen and oxygen atoms in total. The number of hydrogen-bond acceptors (Lipinski definition) is 3. The maximum absolute atomic E-state index is 12.4. The zero-order chi connectivity index (χ0) is 17.7. The number of carbonyl (C=O) groups is 1. The molecule has 3 fully saturated rings. The lowest BCUT2D eigenvalue weighted by Gasteiger charge is -2.57. The molecule has 4 aliphatic rings. The van der Waals surface area contributed by atoms with E-state index in [-0.39, 0.29) is 5.92 Å². The highest BCUT2D eigenvalue weighted by Gasteiger charge is 2.58. The van der Waals surface area contributed by atoms with E-state index < -0.39 is 11.6 Å². The molecule has 5 heterocycles.